The lowest BCUT2D eigenvalue weighted by molar-refractivity contribution is 0.0940. The predicted octanol–water partition coefficient (Wildman–Crippen LogP) is 2.59. The zero-order chi connectivity index (χ0) is 17.9. The lowest BCUT2D eigenvalue weighted by Gasteiger charge is -2.31. The summed E-state index contributed by atoms with van der Waals surface area (Å²) in [4.78, 5) is 12.4. The van der Waals surface area contributed by atoms with Crippen LogP contribution in [0.25, 0.3) is 5.65 Å². The normalized spacial score (nSPS) is 12.9. The van der Waals surface area contributed by atoms with Crippen molar-refractivity contribution in [1.29, 1.82) is 0 Å². The SMILES string of the molecule is CC(NC(C)(C)CNC(=O)c1ccc2nncn2c1)c1ccccc1. The highest BCUT2D eigenvalue weighted by Crippen LogP contribution is 2.16. The molecule has 0 spiro atoms. The maximum atomic E-state index is 12.4. The van der Waals surface area contributed by atoms with E-state index >= 15 is 0 Å². The Hall–Kier alpha value is -2.73. The second kappa shape index (κ2) is 7.03. The molecular weight excluding hydrogens is 314 g/mol. The van der Waals surface area contributed by atoms with Gasteiger partial charge in [0.2, 0.25) is 0 Å². The molecule has 0 saturated heterocycles. The first kappa shape index (κ1) is 17.1. The summed E-state index contributed by atoms with van der Waals surface area (Å²) in [6, 6.07) is 14.0. The molecule has 2 N–H and O–H groups in total. The number of pyridine rings is 1. The Balaban J connectivity index is 1.60. The number of carbonyl (C=O) groups is 1. The van der Waals surface area contributed by atoms with Crippen LogP contribution in [0.1, 0.15) is 42.7 Å². The molecule has 130 valence electrons. The van der Waals surface area contributed by atoms with Crippen LogP contribution in [0.2, 0.25) is 0 Å². The summed E-state index contributed by atoms with van der Waals surface area (Å²) in [5, 5.41) is 14.3. The first-order valence-corrected chi connectivity index (χ1v) is 8.35. The number of benzene rings is 1. The maximum Gasteiger partial charge on any atom is 0.252 e. The highest BCUT2D eigenvalue weighted by molar-refractivity contribution is 5.94. The molecule has 1 amide bonds. The van der Waals surface area contributed by atoms with Gasteiger partial charge in [0.15, 0.2) is 5.65 Å². The summed E-state index contributed by atoms with van der Waals surface area (Å²) in [5.41, 5.74) is 2.28. The molecule has 2 heterocycles. The Labute approximate surface area is 147 Å². The van der Waals surface area contributed by atoms with Crippen molar-refractivity contribution < 1.29 is 4.79 Å². The van der Waals surface area contributed by atoms with Crippen LogP contribution in [0.15, 0.2) is 55.0 Å². The Bertz CT molecular complexity index is 856. The first-order chi connectivity index (χ1) is 11.9. The van der Waals surface area contributed by atoms with Gasteiger partial charge in [0.1, 0.15) is 6.33 Å². The number of amides is 1. The van der Waals surface area contributed by atoms with Crippen LogP contribution in [-0.2, 0) is 0 Å². The fourth-order valence-electron chi connectivity index (χ4n) is 2.83. The molecule has 0 aliphatic heterocycles. The van der Waals surface area contributed by atoms with Crippen LogP contribution in [-0.4, -0.2) is 32.6 Å². The van der Waals surface area contributed by atoms with Crippen molar-refractivity contribution in [2.45, 2.75) is 32.4 Å². The van der Waals surface area contributed by atoms with E-state index in [-0.39, 0.29) is 17.5 Å². The van der Waals surface area contributed by atoms with Gasteiger partial charge in [0.05, 0.1) is 5.56 Å². The molecule has 0 fully saturated rings. The average molecular weight is 337 g/mol. The highest BCUT2D eigenvalue weighted by Gasteiger charge is 2.22. The number of aromatic nitrogens is 3. The first-order valence-electron chi connectivity index (χ1n) is 8.35. The van der Waals surface area contributed by atoms with E-state index in [2.05, 4.69) is 53.7 Å². The van der Waals surface area contributed by atoms with Gasteiger partial charge in [0.25, 0.3) is 5.91 Å². The van der Waals surface area contributed by atoms with Crippen molar-refractivity contribution in [3.8, 4) is 0 Å². The second-order valence-corrected chi connectivity index (χ2v) is 6.86. The summed E-state index contributed by atoms with van der Waals surface area (Å²) in [5.74, 6) is -0.113. The van der Waals surface area contributed by atoms with Gasteiger partial charge in [-0.05, 0) is 38.5 Å². The van der Waals surface area contributed by atoms with Crippen LogP contribution >= 0.6 is 0 Å². The minimum absolute atomic E-state index is 0.113. The average Bonchev–Trinajstić information content (AvgIpc) is 3.08. The smallest absolute Gasteiger partial charge is 0.252 e. The standard InChI is InChI=1S/C19H23N5O/c1-14(15-7-5-4-6-8-15)22-19(2,3)12-20-18(25)16-9-10-17-23-21-13-24(17)11-16/h4-11,13-14,22H,12H2,1-3H3,(H,20,25). The zero-order valence-electron chi connectivity index (χ0n) is 14.7. The number of nitrogens with one attached hydrogen (secondary N) is 2. The molecular formula is C19H23N5O. The molecule has 0 radical (unpaired) electrons. The van der Waals surface area contributed by atoms with Crippen molar-refractivity contribution in [1.82, 2.24) is 25.2 Å². The number of rotatable bonds is 6. The minimum Gasteiger partial charge on any atom is -0.350 e. The van der Waals surface area contributed by atoms with Crippen LogP contribution in [0.5, 0.6) is 0 Å². The molecule has 2 aromatic heterocycles. The Morgan fingerprint density at radius 2 is 1.96 bits per heavy atom. The molecule has 1 atom stereocenters. The van der Waals surface area contributed by atoms with Gasteiger partial charge in [-0.25, -0.2) is 0 Å². The number of nitrogens with zero attached hydrogens (tertiary/aromatic N) is 3. The quantitative estimate of drug-likeness (QED) is 0.725. The summed E-state index contributed by atoms with van der Waals surface area (Å²) < 4.78 is 1.73. The molecule has 1 aromatic carbocycles. The maximum absolute atomic E-state index is 12.4. The Morgan fingerprint density at radius 3 is 2.72 bits per heavy atom. The minimum atomic E-state index is -0.244. The van der Waals surface area contributed by atoms with E-state index < -0.39 is 0 Å². The lowest BCUT2D eigenvalue weighted by atomic mass is 10.0. The van der Waals surface area contributed by atoms with Crippen LogP contribution in [0, 0.1) is 0 Å². The topological polar surface area (TPSA) is 71.3 Å². The van der Waals surface area contributed by atoms with Gasteiger partial charge in [-0.2, -0.15) is 0 Å². The van der Waals surface area contributed by atoms with E-state index in [4.69, 9.17) is 0 Å². The second-order valence-electron chi connectivity index (χ2n) is 6.86. The molecule has 6 heteroatoms. The lowest BCUT2D eigenvalue weighted by Crippen LogP contribution is -2.49. The monoisotopic (exact) mass is 337 g/mol. The van der Waals surface area contributed by atoms with Crippen molar-refractivity contribution in [2.24, 2.45) is 0 Å². The van der Waals surface area contributed by atoms with Crippen molar-refractivity contribution in [2.75, 3.05) is 6.54 Å². The van der Waals surface area contributed by atoms with Crippen LogP contribution in [0.4, 0.5) is 0 Å². The van der Waals surface area contributed by atoms with E-state index in [1.54, 1.807) is 29.1 Å². The third-order valence-corrected chi connectivity index (χ3v) is 4.15. The highest BCUT2D eigenvalue weighted by atomic mass is 16.1. The van der Waals surface area contributed by atoms with Crippen molar-refractivity contribution in [3.63, 3.8) is 0 Å². The number of carbonyl (C=O) groups excluding carboxylic acids is 1. The van der Waals surface area contributed by atoms with Gasteiger partial charge in [-0.1, -0.05) is 30.3 Å². The van der Waals surface area contributed by atoms with Crippen LogP contribution < -0.4 is 10.6 Å². The van der Waals surface area contributed by atoms with E-state index in [1.165, 1.54) is 5.56 Å². The fraction of sp³-hybridized carbons (Fsp3) is 0.316. The van der Waals surface area contributed by atoms with E-state index in [0.717, 1.165) is 5.65 Å². The molecule has 1 unspecified atom stereocenters. The Morgan fingerprint density at radius 1 is 1.20 bits per heavy atom. The molecule has 0 bridgehead atoms. The van der Waals surface area contributed by atoms with Gasteiger partial charge < -0.3 is 10.6 Å². The number of hydrogen-bond donors (Lipinski definition) is 2. The predicted molar refractivity (Wildman–Crippen MR) is 97.4 cm³/mol. The Kier molecular flexibility index (Phi) is 4.81. The number of hydrogen-bond acceptors (Lipinski definition) is 4. The summed E-state index contributed by atoms with van der Waals surface area (Å²) in [7, 11) is 0. The molecule has 3 aromatic rings. The third-order valence-electron chi connectivity index (χ3n) is 4.15. The van der Waals surface area contributed by atoms with Gasteiger partial charge in [-0.15, -0.1) is 10.2 Å². The molecule has 0 aliphatic rings. The molecule has 6 nitrogen and oxygen atoms in total. The molecule has 25 heavy (non-hydrogen) atoms. The van der Waals surface area contributed by atoms with E-state index in [0.29, 0.717) is 12.1 Å². The van der Waals surface area contributed by atoms with E-state index in [1.807, 2.05) is 18.2 Å². The summed E-state index contributed by atoms with van der Waals surface area (Å²) in [6.07, 6.45) is 3.32. The summed E-state index contributed by atoms with van der Waals surface area (Å²) in [6.45, 7) is 6.80. The summed E-state index contributed by atoms with van der Waals surface area (Å²) >= 11 is 0. The third kappa shape index (κ3) is 4.22. The van der Waals surface area contributed by atoms with Gasteiger partial charge >= 0.3 is 0 Å². The van der Waals surface area contributed by atoms with Crippen molar-refractivity contribution in [3.05, 3.63) is 66.1 Å². The van der Waals surface area contributed by atoms with Crippen molar-refractivity contribution >= 4 is 11.6 Å². The van der Waals surface area contributed by atoms with E-state index in [9.17, 15) is 4.79 Å². The molecule has 0 aliphatic carbocycles. The fourth-order valence-corrected chi connectivity index (χ4v) is 2.83. The van der Waals surface area contributed by atoms with Gasteiger partial charge in [-0.3, -0.25) is 9.20 Å². The van der Waals surface area contributed by atoms with Crippen LogP contribution in [0.3, 0.4) is 0 Å². The molecule has 3 rings (SSSR count). The molecule has 0 saturated carbocycles. The zero-order valence-corrected chi connectivity index (χ0v) is 14.7. The van der Waals surface area contributed by atoms with Gasteiger partial charge in [0, 0.05) is 24.3 Å². The largest absolute Gasteiger partial charge is 0.350 e. The number of fused-ring (bicyclic) bond motifs is 1.